The highest BCUT2D eigenvalue weighted by Gasteiger charge is 2.35. The number of carboxylic acids is 1. The van der Waals surface area contributed by atoms with Crippen LogP contribution in [0.2, 0.25) is 0 Å². The van der Waals surface area contributed by atoms with Gasteiger partial charge in [-0.2, -0.15) is 0 Å². The molecule has 2 heterocycles. The van der Waals surface area contributed by atoms with E-state index in [0.29, 0.717) is 18.8 Å². The fraction of sp³-hybridized carbons (Fsp3) is 0.467. The van der Waals surface area contributed by atoms with Gasteiger partial charge < -0.3 is 20.1 Å². The lowest BCUT2D eigenvalue weighted by Crippen LogP contribution is -2.47. The molecule has 2 saturated heterocycles. The Hall–Kier alpha value is -2.08. The molecule has 1 aromatic carbocycles. The molecule has 2 N–H and O–H groups in total. The number of aromatic carboxylic acids is 1. The summed E-state index contributed by atoms with van der Waals surface area (Å²) in [4.78, 5) is 25.0. The Morgan fingerprint density at radius 3 is 2.52 bits per heavy atom. The van der Waals surface area contributed by atoms with Crippen molar-refractivity contribution in [3.63, 3.8) is 0 Å². The van der Waals surface area contributed by atoms with Gasteiger partial charge >= 0.3 is 12.0 Å². The number of urea groups is 1. The number of anilines is 1. The van der Waals surface area contributed by atoms with E-state index < -0.39 is 5.97 Å². The number of benzene rings is 1. The third-order valence-corrected chi connectivity index (χ3v) is 4.05. The molecule has 2 fully saturated rings. The Morgan fingerprint density at radius 2 is 1.95 bits per heavy atom. The number of hydrogen-bond donors (Lipinski definition) is 2. The molecule has 0 aliphatic carbocycles. The number of carbonyl (C=O) groups excluding carboxylic acids is 1. The Balaban J connectivity index is 1.68. The van der Waals surface area contributed by atoms with E-state index in [1.807, 2.05) is 0 Å². The molecular formula is C15H18N2O4. The van der Waals surface area contributed by atoms with Crippen LogP contribution >= 0.6 is 0 Å². The molecule has 1 aromatic rings. The number of rotatable bonds is 2. The van der Waals surface area contributed by atoms with E-state index in [1.54, 1.807) is 24.0 Å². The van der Waals surface area contributed by atoms with Crippen LogP contribution in [-0.2, 0) is 4.74 Å². The lowest BCUT2D eigenvalue weighted by Gasteiger charge is -2.32. The fourth-order valence-corrected chi connectivity index (χ4v) is 2.91. The first kappa shape index (κ1) is 13.9. The number of morpholine rings is 1. The predicted molar refractivity (Wildman–Crippen MR) is 76.6 cm³/mol. The molecule has 0 spiro atoms. The van der Waals surface area contributed by atoms with Gasteiger partial charge in [0.05, 0.1) is 17.8 Å². The summed E-state index contributed by atoms with van der Waals surface area (Å²) < 4.78 is 5.71. The number of aryl methyl sites for hydroxylation is 1. The SMILES string of the molecule is Cc1cc(C(=O)O)ccc1NC(=O)N1CC2CCC(C1)O2. The van der Waals surface area contributed by atoms with Crippen LogP contribution < -0.4 is 5.32 Å². The van der Waals surface area contributed by atoms with Gasteiger partial charge in [-0.15, -0.1) is 0 Å². The molecule has 2 unspecified atom stereocenters. The topological polar surface area (TPSA) is 78.9 Å². The Morgan fingerprint density at radius 1 is 1.29 bits per heavy atom. The summed E-state index contributed by atoms with van der Waals surface area (Å²) >= 11 is 0. The van der Waals surface area contributed by atoms with Crippen molar-refractivity contribution < 1.29 is 19.4 Å². The maximum absolute atomic E-state index is 12.3. The van der Waals surface area contributed by atoms with Crippen LogP contribution in [-0.4, -0.2) is 47.3 Å². The summed E-state index contributed by atoms with van der Waals surface area (Å²) in [5.41, 5.74) is 1.60. The van der Waals surface area contributed by atoms with Gasteiger partial charge in [-0.25, -0.2) is 9.59 Å². The average molecular weight is 290 g/mol. The molecule has 6 heteroatoms. The van der Waals surface area contributed by atoms with Crippen molar-refractivity contribution in [3.05, 3.63) is 29.3 Å². The van der Waals surface area contributed by atoms with Gasteiger partial charge in [0, 0.05) is 18.8 Å². The number of carbonyl (C=O) groups is 2. The van der Waals surface area contributed by atoms with Crippen molar-refractivity contribution in [2.24, 2.45) is 0 Å². The molecule has 3 rings (SSSR count). The highest BCUT2D eigenvalue weighted by atomic mass is 16.5. The van der Waals surface area contributed by atoms with Crippen molar-refractivity contribution >= 4 is 17.7 Å². The largest absolute Gasteiger partial charge is 0.478 e. The van der Waals surface area contributed by atoms with Crippen LogP contribution in [0.25, 0.3) is 0 Å². The monoisotopic (exact) mass is 290 g/mol. The first-order valence-electron chi connectivity index (χ1n) is 7.08. The predicted octanol–water partition coefficient (Wildman–Crippen LogP) is 2.09. The second-order valence-electron chi connectivity index (χ2n) is 5.63. The summed E-state index contributed by atoms with van der Waals surface area (Å²) in [6.07, 6.45) is 2.34. The first-order chi connectivity index (χ1) is 10.0. The standard InChI is InChI=1S/C15H18N2O4/c1-9-6-10(14(18)19)2-5-13(9)16-15(20)17-7-11-3-4-12(8-17)21-11/h2,5-6,11-12H,3-4,7-8H2,1H3,(H,16,20)(H,18,19). The maximum atomic E-state index is 12.3. The molecule has 0 radical (unpaired) electrons. The van der Waals surface area contributed by atoms with Crippen molar-refractivity contribution in [1.82, 2.24) is 4.90 Å². The van der Waals surface area contributed by atoms with Gasteiger partial charge in [0.1, 0.15) is 0 Å². The minimum atomic E-state index is -0.972. The molecule has 0 aromatic heterocycles. The van der Waals surface area contributed by atoms with Crippen LogP contribution in [0, 0.1) is 6.92 Å². The fourth-order valence-electron chi connectivity index (χ4n) is 2.91. The second-order valence-corrected chi connectivity index (χ2v) is 5.63. The molecular weight excluding hydrogens is 272 g/mol. The smallest absolute Gasteiger partial charge is 0.335 e. The molecule has 112 valence electrons. The molecule has 2 amide bonds. The molecule has 0 saturated carbocycles. The molecule has 2 aliphatic heterocycles. The van der Waals surface area contributed by atoms with E-state index in [4.69, 9.17) is 9.84 Å². The lowest BCUT2D eigenvalue weighted by atomic mass is 10.1. The van der Waals surface area contributed by atoms with E-state index in [1.165, 1.54) is 6.07 Å². The number of fused-ring (bicyclic) bond motifs is 2. The summed E-state index contributed by atoms with van der Waals surface area (Å²) in [6, 6.07) is 4.53. The number of ether oxygens (including phenoxy) is 1. The van der Waals surface area contributed by atoms with E-state index in [2.05, 4.69) is 5.32 Å². The third kappa shape index (κ3) is 2.85. The third-order valence-electron chi connectivity index (χ3n) is 4.05. The van der Waals surface area contributed by atoms with Crippen molar-refractivity contribution in [2.45, 2.75) is 32.0 Å². The quantitative estimate of drug-likeness (QED) is 0.874. The van der Waals surface area contributed by atoms with Gasteiger partial charge in [-0.05, 0) is 43.5 Å². The van der Waals surface area contributed by atoms with Gasteiger partial charge in [0.2, 0.25) is 0 Å². The summed E-state index contributed by atoms with van der Waals surface area (Å²) in [5, 5.41) is 11.8. The number of likely N-dealkylation sites (tertiary alicyclic amines) is 1. The number of carboxylic acid groups (broad SMARTS) is 1. The highest BCUT2D eigenvalue weighted by molar-refractivity contribution is 5.92. The van der Waals surface area contributed by atoms with Crippen LogP contribution in [0.4, 0.5) is 10.5 Å². The zero-order valence-electron chi connectivity index (χ0n) is 11.8. The number of nitrogens with one attached hydrogen (secondary N) is 1. The van der Waals surface area contributed by atoms with Crippen LogP contribution in [0.15, 0.2) is 18.2 Å². The Labute approximate surface area is 122 Å². The van der Waals surface area contributed by atoms with E-state index in [-0.39, 0.29) is 23.8 Å². The van der Waals surface area contributed by atoms with E-state index in [9.17, 15) is 9.59 Å². The van der Waals surface area contributed by atoms with Crippen LogP contribution in [0.3, 0.4) is 0 Å². The van der Waals surface area contributed by atoms with E-state index >= 15 is 0 Å². The van der Waals surface area contributed by atoms with Crippen LogP contribution in [0.1, 0.15) is 28.8 Å². The Bertz CT molecular complexity index is 575. The molecule has 2 aliphatic rings. The minimum absolute atomic E-state index is 0.152. The summed E-state index contributed by atoms with van der Waals surface area (Å²) in [6.45, 7) is 3.02. The number of amides is 2. The van der Waals surface area contributed by atoms with Gasteiger partial charge in [-0.3, -0.25) is 0 Å². The number of hydrogen-bond acceptors (Lipinski definition) is 3. The molecule has 2 bridgehead atoms. The van der Waals surface area contributed by atoms with Crippen molar-refractivity contribution in [1.29, 1.82) is 0 Å². The normalized spacial score (nSPS) is 24.0. The van der Waals surface area contributed by atoms with Gasteiger partial charge in [0.25, 0.3) is 0 Å². The van der Waals surface area contributed by atoms with E-state index in [0.717, 1.165) is 18.4 Å². The zero-order chi connectivity index (χ0) is 15.0. The van der Waals surface area contributed by atoms with Crippen molar-refractivity contribution in [2.75, 3.05) is 18.4 Å². The summed E-state index contributed by atoms with van der Waals surface area (Å²) in [7, 11) is 0. The Kier molecular flexibility index (Phi) is 3.55. The molecule has 6 nitrogen and oxygen atoms in total. The summed E-state index contributed by atoms with van der Waals surface area (Å²) in [5.74, 6) is -0.972. The highest BCUT2D eigenvalue weighted by Crippen LogP contribution is 2.27. The zero-order valence-corrected chi connectivity index (χ0v) is 11.8. The van der Waals surface area contributed by atoms with Gasteiger partial charge in [0.15, 0.2) is 0 Å². The van der Waals surface area contributed by atoms with Crippen molar-refractivity contribution in [3.8, 4) is 0 Å². The average Bonchev–Trinajstić information content (AvgIpc) is 2.79. The number of nitrogens with zero attached hydrogens (tertiary/aromatic N) is 1. The lowest BCUT2D eigenvalue weighted by molar-refractivity contribution is -0.0219. The van der Waals surface area contributed by atoms with Gasteiger partial charge in [-0.1, -0.05) is 0 Å². The molecule has 21 heavy (non-hydrogen) atoms. The molecule has 2 atom stereocenters. The first-order valence-corrected chi connectivity index (χ1v) is 7.08. The van der Waals surface area contributed by atoms with Crippen LogP contribution in [0.5, 0.6) is 0 Å². The maximum Gasteiger partial charge on any atom is 0.335 e. The minimum Gasteiger partial charge on any atom is -0.478 e. The second kappa shape index (κ2) is 5.37.